The Labute approximate surface area is 285 Å². The van der Waals surface area contributed by atoms with Crippen molar-refractivity contribution in [3.63, 3.8) is 0 Å². The largest absolute Gasteiger partial charge is 0.481 e. The Morgan fingerprint density at radius 3 is 2.33 bits per heavy atom. The maximum absolute atomic E-state index is 14.8. The number of ketones is 1. The van der Waals surface area contributed by atoms with Gasteiger partial charge in [-0.05, 0) is 107 Å². The van der Waals surface area contributed by atoms with Gasteiger partial charge in [-0.25, -0.2) is 9.79 Å². The molecule has 10 nitrogen and oxygen atoms in total. The van der Waals surface area contributed by atoms with E-state index in [1.807, 2.05) is 19.9 Å². The van der Waals surface area contributed by atoms with E-state index in [9.17, 15) is 33.4 Å². The highest BCUT2D eigenvalue weighted by Gasteiger charge is 2.81. The van der Waals surface area contributed by atoms with Crippen molar-refractivity contribution in [2.45, 2.75) is 131 Å². The van der Waals surface area contributed by atoms with Crippen molar-refractivity contribution in [2.24, 2.45) is 49.3 Å². The van der Waals surface area contributed by atoms with Gasteiger partial charge in [-0.1, -0.05) is 33.3 Å². The summed E-state index contributed by atoms with van der Waals surface area (Å²) in [4.78, 5) is 44.8. The zero-order valence-corrected chi connectivity index (χ0v) is 29.5. The van der Waals surface area contributed by atoms with Crippen LogP contribution in [0, 0.1) is 44.3 Å². The molecule has 49 heavy (non-hydrogen) atoms. The quantitative estimate of drug-likeness (QED) is 0.318. The minimum atomic E-state index is -3.30. The maximum Gasteiger partial charge on any atom is 0.374 e. The minimum absolute atomic E-state index is 0.00428. The average Bonchev–Trinajstić information content (AvgIpc) is 3.35. The number of carbonyl (C=O) groups is 3. The lowest BCUT2D eigenvalue weighted by Crippen LogP contribution is -2.80. The number of allylic oxidation sites excluding steroid dienone is 3. The Kier molecular flexibility index (Phi) is 7.39. The van der Waals surface area contributed by atoms with Gasteiger partial charge in [-0.2, -0.15) is 8.78 Å². The number of hydrogen-bond acceptors (Lipinski definition) is 9. The Balaban J connectivity index is 1.30. The molecule has 0 amide bonds. The predicted octanol–water partition coefficient (Wildman–Crippen LogP) is 6.31. The molecule has 7 rings (SSSR count). The fraction of sp³-hybridized carbons (Fsp3) is 0.784. The van der Waals surface area contributed by atoms with Crippen molar-refractivity contribution in [3.8, 4) is 0 Å². The van der Waals surface area contributed by atoms with E-state index in [1.54, 1.807) is 6.92 Å². The smallest absolute Gasteiger partial charge is 0.374 e. The normalized spacial score (nSPS) is 48.3. The summed E-state index contributed by atoms with van der Waals surface area (Å²) in [6, 6.07) is 0. The summed E-state index contributed by atoms with van der Waals surface area (Å²) in [5.41, 5.74) is -3.53. The highest BCUT2D eigenvalue weighted by Crippen LogP contribution is 2.78. The highest BCUT2D eigenvalue weighted by molar-refractivity contribution is 5.98. The summed E-state index contributed by atoms with van der Waals surface area (Å²) in [6.07, 6.45) is 3.11. The minimum Gasteiger partial charge on any atom is -0.481 e. The molecule has 4 saturated carbocycles. The SMILES string of the molecule is CC1=C(COC2=N[C@@]34CC[C@]5(C)[C@H](C(=O)C=C6[C@@H]7C[C@@](C)(C(=O)O)CC[C@]7(C)CC[C@]65C)[C@@]3(C)CC[C@H](OC(=O)C(F)F)[C@@]24C)OC(O)O1. The fourth-order valence-electron chi connectivity index (χ4n) is 12.0. The number of aliphatic carboxylic acids is 1. The number of ether oxygens (including phenoxy) is 4. The maximum atomic E-state index is 14.8. The van der Waals surface area contributed by atoms with E-state index in [2.05, 4.69) is 27.7 Å². The standard InChI is InChI=1S/C37H49F2NO9/c1-19-23(48-30(45)47-19)18-46-28-36(7)24(49-27(42)26(38)39)8-9-35(6)25-22(41)16-20-21-17-32(3,29(43)44)11-10-31(21,2)12-13-33(20,4)34(25,5)14-15-37(35,36)40-28/h16,21,24-26,30,45H,8-15,17-18H2,1-7H3,(H,43,44)/t21-,24-,25-,30?,31+,32-,33+,34+,35+,36-,37-/m0/s1. The van der Waals surface area contributed by atoms with Crippen LogP contribution in [-0.2, 0) is 33.3 Å². The summed E-state index contributed by atoms with van der Waals surface area (Å²) in [7, 11) is 0. The number of carbonyl (C=O) groups excluding carboxylic acids is 2. The first-order chi connectivity index (χ1) is 22.7. The molecule has 0 saturated heterocycles. The van der Waals surface area contributed by atoms with E-state index in [-0.39, 0.29) is 47.2 Å². The number of nitrogens with zero attached hydrogens (tertiary/aromatic N) is 1. The number of carboxylic acid groups (broad SMARTS) is 1. The Morgan fingerprint density at radius 2 is 1.69 bits per heavy atom. The Morgan fingerprint density at radius 1 is 1.00 bits per heavy atom. The summed E-state index contributed by atoms with van der Waals surface area (Å²) in [5, 5.41) is 20.0. The molecule has 0 aromatic heterocycles. The van der Waals surface area contributed by atoms with Crippen LogP contribution in [0.5, 0.6) is 0 Å². The van der Waals surface area contributed by atoms with Crippen LogP contribution in [0.2, 0.25) is 0 Å². The molecule has 2 heterocycles. The molecule has 12 heteroatoms. The lowest BCUT2D eigenvalue weighted by Gasteiger charge is -2.75. The second kappa shape index (κ2) is 10.5. The van der Waals surface area contributed by atoms with Crippen molar-refractivity contribution in [2.75, 3.05) is 6.61 Å². The average molecular weight is 690 g/mol. The molecule has 1 unspecified atom stereocenters. The fourth-order valence-corrected chi connectivity index (χ4v) is 12.0. The zero-order chi connectivity index (χ0) is 35.7. The second-order valence-electron chi connectivity index (χ2n) is 17.4. The van der Waals surface area contributed by atoms with E-state index in [4.69, 9.17) is 23.9 Å². The number of alkyl halides is 2. The molecule has 5 aliphatic carbocycles. The zero-order valence-electron chi connectivity index (χ0n) is 29.5. The first-order valence-corrected chi connectivity index (χ1v) is 17.6. The van der Waals surface area contributed by atoms with Crippen LogP contribution in [0.3, 0.4) is 0 Å². The van der Waals surface area contributed by atoms with Gasteiger partial charge in [0, 0.05) is 11.3 Å². The number of aliphatic hydroxyl groups is 1. The molecule has 0 radical (unpaired) electrons. The summed E-state index contributed by atoms with van der Waals surface area (Å²) < 4.78 is 49.3. The first-order valence-electron chi connectivity index (χ1n) is 17.6. The van der Waals surface area contributed by atoms with Crippen LogP contribution in [0.1, 0.15) is 106 Å². The molecule has 0 bridgehead atoms. The number of aliphatic imine (C=N–C) groups is 1. The van der Waals surface area contributed by atoms with Crippen molar-refractivity contribution < 1.29 is 52.3 Å². The summed E-state index contributed by atoms with van der Waals surface area (Å²) in [6.45, 7) is 12.5. The van der Waals surface area contributed by atoms with Gasteiger partial charge in [0.15, 0.2) is 24.0 Å². The van der Waals surface area contributed by atoms with Gasteiger partial charge in [0.25, 0.3) is 0 Å². The van der Waals surface area contributed by atoms with Crippen LogP contribution in [0.15, 0.2) is 28.2 Å². The van der Waals surface area contributed by atoms with Crippen molar-refractivity contribution in [1.29, 1.82) is 0 Å². The van der Waals surface area contributed by atoms with Crippen LogP contribution in [-0.4, -0.2) is 65.0 Å². The molecule has 11 atom stereocenters. The van der Waals surface area contributed by atoms with Crippen LogP contribution >= 0.6 is 0 Å². The third-order valence-corrected chi connectivity index (χ3v) is 15.4. The number of hydrogen-bond donors (Lipinski definition) is 2. The third-order valence-electron chi connectivity index (χ3n) is 15.4. The van der Waals surface area contributed by atoms with Gasteiger partial charge in [0.2, 0.25) is 0 Å². The molecule has 1 spiro atoms. The molecular formula is C37H49F2NO9. The van der Waals surface area contributed by atoms with E-state index in [1.165, 1.54) is 0 Å². The van der Waals surface area contributed by atoms with Gasteiger partial charge in [0.1, 0.15) is 17.3 Å². The molecule has 0 aromatic carbocycles. The number of aliphatic hydroxyl groups excluding tert-OH is 1. The van der Waals surface area contributed by atoms with E-state index in [0.717, 1.165) is 24.8 Å². The van der Waals surface area contributed by atoms with Crippen LogP contribution in [0.25, 0.3) is 0 Å². The van der Waals surface area contributed by atoms with Crippen molar-refractivity contribution >= 4 is 23.6 Å². The molecule has 0 aromatic rings. The number of halogens is 2. The molecule has 2 aliphatic heterocycles. The van der Waals surface area contributed by atoms with Crippen LogP contribution < -0.4 is 0 Å². The number of carboxylic acids is 1. The highest BCUT2D eigenvalue weighted by atomic mass is 19.3. The molecule has 7 aliphatic rings. The number of rotatable bonds is 5. The van der Waals surface area contributed by atoms with Crippen molar-refractivity contribution in [3.05, 3.63) is 23.2 Å². The van der Waals surface area contributed by atoms with E-state index in [0.29, 0.717) is 37.9 Å². The van der Waals surface area contributed by atoms with Gasteiger partial charge in [0.05, 0.1) is 11.0 Å². The molecule has 2 N–H and O–H groups in total. The Hall–Kier alpha value is -3.02. The monoisotopic (exact) mass is 689 g/mol. The summed E-state index contributed by atoms with van der Waals surface area (Å²) >= 11 is 0. The Bertz CT molecular complexity index is 1610. The molecule has 4 fully saturated rings. The topological polar surface area (TPSA) is 141 Å². The summed E-state index contributed by atoms with van der Waals surface area (Å²) in [5.74, 6) is -2.06. The second-order valence-corrected chi connectivity index (χ2v) is 17.4. The number of esters is 1. The predicted molar refractivity (Wildman–Crippen MR) is 171 cm³/mol. The lowest BCUT2D eigenvalue weighted by atomic mass is 9.30. The van der Waals surface area contributed by atoms with Crippen LogP contribution in [0.4, 0.5) is 8.78 Å². The molecule has 270 valence electrons. The van der Waals surface area contributed by atoms with Gasteiger partial charge in [-0.15, -0.1) is 0 Å². The van der Waals surface area contributed by atoms with Gasteiger partial charge >= 0.3 is 24.8 Å². The third kappa shape index (κ3) is 4.24. The number of fused-ring (bicyclic) bond motifs is 6. The lowest BCUT2D eigenvalue weighted by molar-refractivity contribution is -0.224. The van der Waals surface area contributed by atoms with E-state index >= 15 is 0 Å². The van der Waals surface area contributed by atoms with Gasteiger partial charge < -0.3 is 29.2 Å². The first kappa shape index (κ1) is 34.4. The van der Waals surface area contributed by atoms with Crippen molar-refractivity contribution in [1.82, 2.24) is 0 Å². The molecular weight excluding hydrogens is 640 g/mol. The van der Waals surface area contributed by atoms with Gasteiger partial charge in [-0.3, -0.25) is 9.59 Å². The van der Waals surface area contributed by atoms with E-state index < -0.39 is 64.1 Å².